The number of carbonyl (C=O) groups excluding carboxylic acids is 1. The van der Waals surface area contributed by atoms with Crippen molar-refractivity contribution < 1.29 is 14.7 Å². The molecule has 1 aromatic heterocycles. The van der Waals surface area contributed by atoms with Crippen LogP contribution in [0.5, 0.6) is 0 Å². The molecule has 1 unspecified atom stereocenters. The Morgan fingerprint density at radius 2 is 2.28 bits per heavy atom. The molecule has 2 rings (SSSR count). The van der Waals surface area contributed by atoms with Gasteiger partial charge in [-0.1, -0.05) is 0 Å². The van der Waals surface area contributed by atoms with E-state index in [4.69, 9.17) is 5.11 Å². The summed E-state index contributed by atoms with van der Waals surface area (Å²) in [7, 11) is 1.97. The van der Waals surface area contributed by atoms with Gasteiger partial charge in [0, 0.05) is 6.54 Å². The molecule has 1 aliphatic rings. The van der Waals surface area contributed by atoms with Crippen molar-refractivity contribution in [2.45, 2.75) is 13.3 Å². The maximum atomic E-state index is 12.0. The third-order valence-electron chi connectivity index (χ3n) is 3.08. The Morgan fingerprint density at radius 3 is 2.83 bits per heavy atom. The molecule has 18 heavy (non-hydrogen) atoms. The normalized spacial score (nSPS) is 20.0. The number of anilines is 1. The quantitative estimate of drug-likeness (QED) is 0.856. The number of likely N-dealkylation sites (tertiary alicyclic amines) is 1. The molecule has 2 heterocycles. The van der Waals surface area contributed by atoms with Crippen molar-refractivity contribution in [2.75, 3.05) is 25.5 Å². The summed E-state index contributed by atoms with van der Waals surface area (Å²) >= 11 is 1.02. The lowest BCUT2D eigenvalue weighted by Crippen LogP contribution is -2.25. The summed E-state index contributed by atoms with van der Waals surface area (Å²) in [5.41, 5.74) is 0.533. The van der Waals surface area contributed by atoms with Gasteiger partial charge in [-0.3, -0.25) is 4.79 Å². The third kappa shape index (κ3) is 2.51. The Balaban J connectivity index is 2.10. The van der Waals surface area contributed by atoms with Gasteiger partial charge in [-0.2, -0.15) is 4.37 Å². The Morgan fingerprint density at radius 1 is 1.56 bits per heavy atom. The summed E-state index contributed by atoms with van der Waals surface area (Å²) in [6, 6.07) is 0. The highest BCUT2D eigenvalue weighted by atomic mass is 32.1. The summed E-state index contributed by atoms with van der Waals surface area (Å²) in [5.74, 6) is -1.25. The fourth-order valence-corrected chi connectivity index (χ4v) is 2.86. The highest BCUT2D eigenvalue weighted by molar-refractivity contribution is 7.11. The van der Waals surface area contributed by atoms with E-state index in [1.54, 1.807) is 6.92 Å². The second kappa shape index (κ2) is 5.03. The van der Waals surface area contributed by atoms with E-state index < -0.39 is 5.97 Å². The van der Waals surface area contributed by atoms with Crippen LogP contribution in [0.15, 0.2) is 0 Å². The first-order valence-corrected chi connectivity index (χ1v) is 6.45. The second-order valence-electron chi connectivity index (χ2n) is 4.51. The van der Waals surface area contributed by atoms with E-state index in [-0.39, 0.29) is 17.4 Å². The van der Waals surface area contributed by atoms with Crippen LogP contribution in [0.25, 0.3) is 0 Å². The smallest absolute Gasteiger partial charge is 0.340 e. The van der Waals surface area contributed by atoms with Crippen LogP contribution in [0.3, 0.4) is 0 Å². The van der Waals surface area contributed by atoms with Crippen LogP contribution in [0.1, 0.15) is 22.5 Å². The summed E-state index contributed by atoms with van der Waals surface area (Å²) < 4.78 is 3.97. The molecule has 1 saturated heterocycles. The molecule has 1 fully saturated rings. The van der Waals surface area contributed by atoms with Crippen LogP contribution in [-0.4, -0.2) is 46.4 Å². The average molecular weight is 269 g/mol. The Bertz CT molecular complexity index is 486. The van der Waals surface area contributed by atoms with Crippen molar-refractivity contribution in [1.29, 1.82) is 0 Å². The molecule has 0 aliphatic carbocycles. The lowest BCUT2D eigenvalue weighted by atomic mass is 10.1. The van der Waals surface area contributed by atoms with E-state index >= 15 is 0 Å². The van der Waals surface area contributed by atoms with Crippen LogP contribution >= 0.6 is 11.5 Å². The van der Waals surface area contributed by atoms with Gasteiger partial charge in [-0.15, -0.1) is 0 Å². The van der Waals surface area contributed by atoms with Crippen LogP contribution in [0.2, 0.25) is 0 Å². The van der Waals surface area contributed by atoms with Gasteiger partial charge in [0.1, 0.15) is 10.6 Å². The van der Waals surface area contributed by atoms with E-state index in [2.05, 4.69) is 14.6 Å². The lowest BCUT2D eigenvalue weighted by Gasteiger charge is -2.10. The van der Waals surface area contributed by atoms with Crippen molar-refractivity contribution in [3.8, 4) is 0 Å². The van der Waals surface area contributed by atoms with Gasteiger partial charge in [0.2, 0.25) is 5.91 Å². The Kier molecular flexibility index (Phi) is 3.63. The summed E-state index contributed by atoms with van der Waals surface area (Å²) in [5, 5.41) is 12.1. The second-order valence-corrected chi connectivity index (χ2v) is 5.29. The monoisotopic (exact) mass is 269 g/mol. The molecule has 2 N–H and O–H groups in total. The zero-order valence-corrected chi connectivity index (χ0v) is 11.1. The third-order valence-corrected chi connectivity index (χ3v) is 3.93. The van der Waals surface area contributed by atoms with Crippen molar-refractivity contribution in [3.63, 3.8) is 0 Å². The van der Waals surface area contributed by atoms with Crippen LogP contribution in [0.4, 0.5) is 5.00 Å². The van der Waals surface area contributed by atoms with Gasteiger partial charge in [-0.25, -0.2) is 4.79 Å². The van der Waals surface area contributed by atoms with Gasteiger partial charge in [0.25, 0.3) is 0 Å². The number of aromatic nitrogens is 1. The number of aromatic carboxylic acids is 1. The van der Waals surface area contributed by atoms with E-state index in [0.717, 1.165) is 24.5 Å². The molecule has 1 atom stereocenters. The molecule has 0 aromatic carbocycles. The lowest BCUT2D eigenvalue weighted by molar-refractivity contribution is -0.119. The minimum atomic E-state index is -1.06. The highest BCUT2D eigenvalue weighted by Crippen LogP contribution is 2.26. The molecule has 0 spiro atoms. The molecular formula is C11H15N3O3S. The molecule has 0 bridgehead atoms. The molecule has 1 aromatic rings. The molecule has 0 radical (unpaired) electrons. The molecule has 1 aliphatic heterocycles. The number of rotatable bonds is 3. The maximum absolute atomic E-state index is 12.0. The minimum absolute atomic E-state index is 0.0703. The number of carboxylic acids is 1. The first-order chi connectivity index (χ1) is 8.49. The predicted molar refractivity (Wildman–Crippen MR) is 68.0 cm³/mol. The number of nitrogens with zero attached hydrogens (tertiary/aromatic N) is 2. The number of amides is 1. The topological polar surface area (TPSA) is 82.5 Å². The van der Waals surface area contributed by atoms with E-state index in [9.17, 15) is 9.59 Å². The largest absolute Gasteiger partial charge is 0.478 e. The molecule has 1 amide bonds. The molecular weight excluding hydrogens is 254 g/mol. The molecule has 7 heteroatoms. The van der Waals surface area contributed by atoms with Crippen molar-refractivity contribution >= 4 is 28.4 Å². The predicted octanol–water partition coefficient (Wildman–Crippen LogP) is 1.04. The van der Waals surface area contributed by atoms with E-state index in [1.807, 2.05) is 7.05 Å². The number of aryl methyl sites for hydroxylation is 1. The van der Waals surface area contributed by atoms with E-state index in [1.165, 1.54) is 0 Å². The van der Waals surface area contributed by atoms with Crippen molar-refractivity contribution in [1.82, 2.24) is 9.27 Å². The van der Waals surface area contributed by atoms with Crippen molar-refractivity contribution in [2.24, 2.45) is 5.92 Å². The SMILES string of the molecule is Cc1nsc(NC(=O)C2CCN(C)C2)c1C(=O)O. The van der Waals surface area contributed by atoms with Crippen LogP contribution < -0.4 is 5.32 Å². The summed E-state index contributed by atoms with van der Waals surface area (Å²) in [4.78, 5) is 25.1. The fourth-order valence-electron chi connectivity index (χ4n) is 2.07. The van der Waals surface area contributed by atoms with Gasteiger partial charge < -0.3 is 15.3 Å². The molecule has 6 nitrogen and oxygen atoms in total. The van der Waals surface area contributed by atoms with Gasteiger partial charge in [-0.05, 0) is 38.5 Å². The first-order valence-electron chi connectivity index (χ1n) is 5.68. The average Bonchev–Trinajstić information content (AvgIpc) is 2.85. The summed E-state index contributed by atoms with van der Waals surface area (Å²) in [6.07, 6.45) is 0.808. The van der Waals surface area contributed by atoms with Gasteiger partial charge in [0.15, 0.2) is 0 Å². The summed E-state index contributed by atoms with van der Waals surface area (Å²) in [6.45, 7) is 3.23. The van der Waals surface area contributed by atoms with Crippen LogP contribution in [-0.2, 0) is 4.79 Å². The van der Waals surface area contributed by atoms with Gasteiger partial charge >= 0.3 is 5.97 Å². The fraction of sp³-hybridized carbons (Fsp3) is 0.545. The Hall–Kier alpha value is -1.47. The number of hydrogen-bond acceptors (Lipinski definition) is 5. The first kappa shape index (κ1) is 13.0. The molecule has 98 valence electrons. The zero-order valence-electron chi connectivity index (χ0n) is 10.3. The highest BCUT2D eigenvalue weighted by Gasteiger charge is 2.28. The minimum Gasteiger partial charge on any atom is -0.478 e. The van der Waals surface area contributed by atoms with E-state index in [0.29, 0.717) is 17.2 Å². The number of carbonyl (C=O) groups is 2. The number of carboxylic acid groups (broad SMARTS) is 1. The Labute approximate surface area is 109 Å². The maximum Gasteiger partial charge on any atom is 0.340 e. The van der Waals surface area contributed by atoms with Gasteiger partial charge in [0.05, 0.1) is 11.6 Å². The standard InChI is InChI=1S/C11H15N3O3S/c1-6-8(11(16)17)10(18-13-6)12-9(15)7-3-4-14(2)5-7/h7H,3-5H2,1-2H3,(H,12,15)(H,16,17). The van der Waals surface area contributed by atoms with Crippen molar-refractivity contribution in [3.05, 3.63) is 11.3 Å². The number of hydrogen-bond donors (Lipinski definition) is 2. The number of nitrogens with one attached hydrogen (secondary N) is 1. The van der Waals surface area contributed by atoms with Crippen LogP contribution in [0, 0.1) is 12.8 Å². The molecule has 0 saturated carbocycles. The zero-order chi connectivity index (χ0) is 13.3.